The van der Waals surface area contributed by atoms with Crippen molar-refractivity contribution in [1.29, 1.82) is 0 Å². The summed E-state index contributed by atoms with van der Waals surface area (Å²) in [4.78, 5) is 0. The maximum Gasteiger partial charge on any atom is 0.123 e. The van der Waals surface area contributed by atoms with Crippen molar-refractivity contribution in [2.75, 3.05) is 0 Å². The molecular weight excluding hydrogens is 168 g/mol. The van der Waals surface area contributed by atoms with Crippen LogP contribution in [0.2, 0.25) is 0 Å². The second kappa shape index (κ2) is 5.25. The van der Waals surface area contributed by atoms with Gasteiger partial charge in [0.15, 0.2) is 0 Å². The van der Waals surface area contributed by atoms with E-state index in [0.717, 1.165) is 0 Å². The van der Waals surface area contributed by atoms with E-state index in [1.807, 2.05) is 11.6 Å². The van der Waals surface area contributed by atoms with Gasteiger partial charge < -0.3 is 9.25 Å². The first-order chi connectivity index (χ1) is 5.00. The zero-order valence-electron chi connectivity index (χ0n) is 5.06. The first-order valence-electron chi connectivity index (χ1n) is 2.57. The zero-order chi connectivity index (χ0) is 7.07. The lowest BCUT2D eigenvalue weighted by Gasteiger charge is -1.75. The van der Waals surface area contributed by atoms with Crippen molar-refractivity contribution in [3.05, 3.63) is 30.1 Å². The van der Waals surface area contributed by atoms with E-state index in [1.165, 1.54) is 6.26 Å². The predicted molar refractivity (Wildman–Crippen MR) is 44.0 cm³/mol. The zero-order valence-corrected chi connectivity index (χ0v) is 6.69. The summed E-state index contributed by atoms with van der Waals surface area (Å²) in [5.74, 6) is 0. The normalized spacial score (nSPS) is 13.6. The Hall–Kier alpha value is -0.550. The number of nitrogens with zero attached hydrogens (tertiary/aromatic N) is 1. The van der Waals surface area contributed by atoms with Crippen LogP contribution in [0.1, 0.15) is 0 Å². The minimum atomic E-state index is 1.51. The second-order valence-corrected chi connectivity index (χ2v) is 3.23. The molecule has 0 unspecified atom stereocenters. The third-order valence-electron chi connectivity index (χ3n) is 0.635. The fourth-order valence-electron chi connectivity index (χ4n) is 0.315. The number of hydrogen-bond donors (Lipinski definition) is 1. The summed E-state index contributed by atoms with van der Waals surface area (Å²) in [5, 5.41) is 5.35. The summed E-state index contributed by atoms with van der Waals surface area (Å²) in [6, 6.07) is 1.72. The Labute approximate surface area is 66.8 Å². The molecule has 2 heterocycles. The fourth-order valence-corrected chi connectivity index (χ4v) is 1.43. The molecule has 0 fully saturated rings. The molecule has 54 valence electrons. The van der Waals surface area contributed by atoms with Crippen LogP contribution in [-0.4, -0.2) is 5.16 Å². The molecule has 1 aromatic rings. The summed E-state index contributed by atoms with van der Waals surface area (Å²) in [7, 11) is 3.33. The monoisotopic (exact) mass is 174 g/mol. The molecule has 2 rings (SSSR count). The van der Waals surface area contributed by atoms with Crippen molar-refractivity contribution in [3.63, 3.8) is 0 Å². The van der Waals surface area contributed by atoms with Crippen LogP contribution in [0.4, 0.5) is 0 Å². The van der Waals surface area contributed by atoms with Gasteiger partial charge in [-0.15, -0.1) is 0 Å². The van der Waals surface area contributed by atoms with E-state index < -0.39 is 0 Å². The highest BCUT2D eigenvalue weighted by atomic mass is 33.1. The molecule has 1 aromatic heterocycles. The van der Waals surface area contributed by atoms with Gasteiger partial charge >= 0.3 is 0 Å². The Kier molecular flexibility index (Phi) is 3.97. The van der Waals surface area contributed by atoms with Gasteiger partial charge in [-0.3, -0.25) is 0 Å². The van der Waals surface area contributed by atoms with E-state index in [2.05, 4.69) is 14.4 Å². The SMILES string of the molecule is C1=CSSN1.c1cnoc1. The maximum absolute atomic E-state index is 4.33. The van der Waals surface area contributed by atoms with Crippen LogP contribution in [0, 0.1) is 0 Å². The van der Waals surface area contributed by atoms with Crippen LogP contribution in [0.3, 0.4) is 0 Å². The van der Waals surface area contributed by atoms with Crippen molar-refractivity contribution >= 4 is 21.8 Å². The van der Waals surface area contributed by atoms with Crippen molar-refractivity contribution in [1.82, 2.24) is 9.88 Å². The van der Waals surface area contributed by atoms with Crippen molar-refractivity contribution in [3.8, 4) is 0 Å². The molecule has 1 aliphatic rings. The number of aromatic nitrogens is 1. The third kappa shape index (κ3) is 3.47. The molecule has 0 aliphatic carbocycles. The quantitative estimate of drug-likeness (QED) is 0.481. The molecule has 0 atom stereocenters. The van der Waals surface area contributed by atoms with Crippen LogP contribution >= 0.6 is 21.8 Å². The van der Waals surface area contributed by atoms with Crippen molar-refractivity contribution in [2.24, 2.45) is 0 Å². The molecule has 0 saturated carbocycles. The topological polar surface area (TPSA) is 38.1 Å². The number of rotatable bonds is 0. The molecule has 0 aromatic carbocycles. The molecule has 3 nitrogen and oxygen atoms in total. The maximum atomic E-state index is 4.33. The molecular formula is C5H6N2OS2. The summed E-state index contributed by atoms with van der Waals surface area (Å²) in [6.45, 7) is 0. The summed E-state index contributed by atoms with van der Waals surface area (Å²) < 4.78 is 7.25. The van der Waals surface area contributed by atoms with E-state index in [1.54, 1.807) is 34.0 Å². The van der Waals surface area contributed by atoms with Crippen LogP contribution in [0.5, 0.6) is 0 Å². The van der Waals surface area contributed by atoms with Crippen LogP contribution in [-0.2, 0) is 0 Å². The summed E-state index contributed by atoms with van der Waals surface area (Å²) in [5.41, 5.74) is 0. The first-order valence-corrected chi connectivity index (χ1v) is 4.78. The first kappa shape index (κ1) is 7.56. The van der Waals surface area contributed by atoms with Gasteiger partial charge in [0.1, 0.15) is 6.26 Å². The van der Waals surface area contributed by atoms with Crippen LogP contribution in [0.25, 0.3) is 0 Å². The Morgan fingerprint density at radius 3 is 2.70 bits per heavy atom. The van der Waals surface area contributed by atoms with Gasteiger partial charge in [0.25, 0.3) is 0 Å². The smallest absolute Gasteiger partial charge is 0.123 e. The van der Waals surface area contributed by atoms with Gasteiger partial charge in [-0.2, -0.15) is 0 Å². The van der Waals surface area contributed by atoms with E-state index in [-0.39, 0.29) is 0 Å². The molecule has 0 amide bonds. The molecule has 5 heteroatoms. The lowest BCUT2D eigenvalue weighted by molar-refractivity contribution is 0.420. The van der Waals surface area contributed by atoms with Gasteiger partial charge in [0.05, 0.1) is 6.20 Å². The molecule has 10 heavy (non-hydrogen) atoms. The summed E-state index contributed by atoms with van der Waals surface area (Å²) in [6.07, 6.45) is 5.01. The minimum absolute atomic E-state index is 1.51. The highest BCUT2D eigenvalue weighted by Crippen LogP contribution is 2.22. The third-order valence-corrected chi connectivity index (χ3v) is 2.12. The second-order valence-electron chi connectivity index (χ2n) is 1.29. The molecule has 0 bridgehead atoms. The Bertz CT molecular complexity index is 153. The average molecular weight is 174 g/mol. The number of nitrogens with one attached hydrogen (secondary N) is 1. The lowest BCUT2D eigenvalue weighted by Crippen LogP contribution is -1.76. The van der Waals surface area contributed by atoms with Gasteiger partial charge in [-0.05, 0) is 16.9 Å². The molecule has 1 aliphatic heterocycles. The number of hydrogen-bond acceptors (Lipinski definition) is 5. The highest BCUT2D eigenvalue weighted by molar-refractivity contribution is 8.77. The van der Waals surface area contributed by atoms with Crippen LogP contribution < -0.4 is 4.72 Å². The van der Waals surface area contributed by atoms with Crippen molar-refractivity contribution < 1.29 is 4.52 Å². The minimum Gasteiger partial charge on any atom is -0.365 e. The molecule has 0 radical (unpaired) electrons. The standard InChI is InChI=1S/C3H3NO.C2H3NS2/c2*1-2-4-5-3-1/h2*1-3H. The Morgan fingerprint density at radius 2 is 2.50 bits per heavy atom. The molecule has 0 saturated heterocycles. The lowest BCUT2D eigenvalue weighted by atomic mass is 10.8. The van der Waals surface area contributed by atoms with Crippen LogP contribution in [0.15, 0.2) is 34.7 Å². The molecule has 1 N–H and O–H groups in total. The van der Waals surface area contributed by atoms with E-state index in [4.69, 9.17) is 0 Å². The largest absolute Gasteiger partial charge is 0.365 e. The van der Waals surface area contributed by atoms with Gasteiger partial charge in [0.2, 0.25) is 0 Å². The van der Waals surface area contributed by atoms with E-state index in [0.29, 0.717) is 0 Å². The summed E-state index contributed by atoms with van der Waals surface area (Å²) >= 11 is 0. The Morgan fingerprint density at radius 1 is 1.50 bits per heavy atom. The van der Waals surface area contributed by atoms with E-state index in [9.17, 15) is 0 Å². The van der Waals surface area contributed by atoms with Gasteiger partial charge in [0, 0.05) is 22.6 Å². The van der Waals surface area contributed by atoms with Gasteiger partial charge in [-0.1, -0.05) is 5.16 Å². The predicted octanol–water partition coefficient (Wildman–Crippen LogP) is 2.03. The van der Waals surface area contributed by atoms with E-state index >= 15 is 0 Å². The Balaban J connectivity index is 0.0000001000. The highest BCUT2D eigenvalue weighted by Gasteiger charge is 1.83. The van der Waals surface area contributed by atoms with Gasteiger partial charge in [-0.25, -0.2) is 0 Å². The fraction of sp³-hybridized carbons (Fsp3) is 0. The average Bonchev–Trinajstić information content (AvgIpc) is 2.67. The van der Waals surface area contributed by atoms with Crippen molar-refractivity contribution in [2.45, 2.75) is 0 Å². The molecule has 0 spiro atoms.